The Bertz CT molecular complexity index is 1470. The van der Waals surface area contributed by atoms with Crippen molar-refractivity contribution in [2.24, 2.45) is 0 Å². The number of nitrogens with zero attached hydrogens (tertiary/aromatic N) is 2. The van der Waals surface area contributed by atoms with Crippen molar-refractivity contribution in [3.63, 3.8) is 0 Å². The average Bonchev–Trinajstić information content (AvgIpc) is 2.83. The van der Waals surface area contributed by atoms with Crippen LogP contribution >= 0.6 is 43.5 Å². The number of barbiturate groups is 1. The topological polar surface area (TPSA) is 99.5 Å². The van der Waals surface area contributed by atoms with Crippen LogP contribution in [0.15, 0.2) is 69.1 Å². The lowest BCUT2D eigenvalue weighted by Crippen LogP contribution is -2.54. The second-order valence-electron chi connectivity index (χ2n) is 7.76. The van der Waals surface area contributed by atoms with Gasteiger partial charge in [-0.05, 0) is 76.5 Å². The third-order valence-electron chi connectivity index (χ3n) is 5.34. The minimum Gasteiger partial charge on any atom is -0.486 e. The molecule has 1 aliphatic heterocycles. The number of benzene rings is 3. The van der Waals surface area contributed by atoms with Crippen LogP contribution in [0.4, 0.5) is 10.5 Å². The van der Waals surface area contributed by atoms with Crippen LogP contribution in [0.5, 0.6) is 5.75 Å². The Balaban J connectivity index is 1.62. The summed E-state index contributed by atoms with van der Waals surface area (Å²) < 4.78 is 7.14. The molecule has 0 radical (unpaired) electrons. The van der Waals surface area contributed by atoms with E-state index < -0.39 is 17.8 Å². The van der Waals surface area contributed by atoms with Crippen LogP contribution in [0.1, 0.15) is 22.3 Å². The van der Waals surface area contributed by atoms with Crippen LogP contribution in [-0.2, 0) is 16.2 Å². The summed E-state index contributed by atoms with van der Waals surface area (Å²) in [5.41, 5.74) is 2.56. The highest BCUT2D eigenvalue weighted by Crippen LogP contribution is 2.36. The van der Waals surface area contributed by atoms with Crippen LogP contribution < -0.4 is 15.0 Å². The third kappa shape index (κ3) is 5.21. The zero-order chi connectivity index (χ0) is 26.0. The monoisotopic (exact) mass is 627 g/mol. The number of halogens is 3. The molecule has 1 N–H and O–H groups in total. The van der Waals surface area contributed by atoms with E-state index in [0.29, 0.717) is 32.6 Å². The lowest BCUT2D eigenvalue weighted by atomic mass is 10.1. The van der Waals surface area contributed by atoms with Gasteiger partial charge < -0.3 is 4.74 Å². The molecule has 0 aliphatic carbocycles. The highest BCUT2D eigenvalue weighted by atomic mass is 79.9. The van der Waals surface area contributed by atoms with E-state index in [2.05, 4.69) is 43.2 Å². The molecule has 0 unspecified atom stereocenters. The smallest absolute Gasteiger partial charge is 0.335 e. The molecular formula is C26H16Br2ClN3O4. The van der Waals surface area contributed by atoms with Gasteiger partial charge in [-0.15, -0.1) is 0 Å². The fraction of sp³-hybridized carbons (Fsp3) is 0.0769. The van der Waals surface area contributed by atoms with Gasteiger partial charge in [0.25, 0.3) is 11.8 Å². The number of ether oxygens (including phenoxy) is 1. The molecule has 1 saturated heterocycles. The summed E-state index contributed by atoms with van der Waals surface area (Å²) in [5, 5.41) is 11.7. The summed E-state index contributed by atoms with van der Waals surface area (Å²) in [6.07, 6.45) is 1.36. The summed E-state index contributed by atoms with van der Waals surface area (Å²) in [4.78, 5) is 39.1. The molecule has 0 atom stereocenters. The van der Waals surface area contributed by atoms with Crippen molar-refractivity contribution < 1.29 is 19.1 Å². The molecule has 1 aliphatic rings. The molecule has 4 amide bonds. The van der Waals surface area contributed by atoms with Gasteiger partial charge in [-0.25, -0.2) is 9.69 Å². The number of nitrogens with one attached hydrogen (secondary N) is 1. The summed E-state index contributed by atoms with van der Waals surface area (Å²) in [6.45, 7) is 1.94. The van der Waals surface area contributed by atoms with Crippen LogP contribution in [0.3, 0.4) is 0 Å². The Morgan fingerprint density at radius 3 is 2.53 bits per heavy atom. The van der Waals surface area contributed by atoms with Gasteiger partial charge in [-0.1, -0.05) is 45.7 Å². The molecule has 0 bridgehead atoms. The van der Waals surface area contributed by atoms with E-state index in [1.807, 2.05) is 6.92 Å². The summed E-state index contributed by atoms with van der Waals surface area (Å²) in [6, 6.07) is 16.5. The lowest BCUT2D eigenvalue weighted by molar-refractivity contribution is -0.122. The first-order valence-electron chi connectivity index (χ1n) is 10.5. The molecule has 3 aromatic rings. The highest BCUT2D eigenvalue weighted by molar-refractivity contribution is 9.10. The molecule has 4 rings (SSSR count). The zero-order valence-electron chi connectivity index (χ0n) is 18.6. The van der Waals surface area contributed by atoms with Crippen LogP contribution in [-0.4, -0.2) is 17.8 Å². The van der Waals surface area contributed by atoms with Gasteiger partial charge >= 0.3 is 6.03 Å². The van der Waals surface area contributed by atoms with Gasteiger partial charge in [-0.3, -0.25) is 14.9 Å². The predicted octanol–water partition coefficient (Wildman–Crippen LogP) is 6.29. The van der Waals surface area contributed by atoms with Gasteiger partial charge in [0, 0.05) is 10.0 Å². The first-order chi connectivity index (χ1) is 17.2. The number of rotatable bonds is 5. The van der Waals surface area contributed by atoms with Gasteiger partial charge in [0.2, 0.25) is 0 Å². The summed E-state index contributed by atoms with van der Waals surface area (Å²) >= 11 is 13.2. The normalized spacial score (nSPS) is 14.6. The zero-order valence-corrected chi connectivity index (χ0v) is 22.6. The minimum atomic E-state index is -0.829. The van der Waals surface area contributed by atoms with E-state index in [-0.39, 0.29) is 17.2 Å². The Morgan fingerprint density at radius 1 is 1.08 bits per heavy atom. The molecule has 10 heteroatoms. The second kappa shape index (κ2) is 10.7. The first kappa shape index (κ1) is 25.6. The molecule has 0 aromatic heterocycles. The fourth-order valence-corrected chi connectivity index (χ4v) is 4.77. The summed E-state index contributed by atoms with van der Waals surface area (Å²) in [7, 11) is 0. The van der Waals surface area contributed by atoms with Crippen LogP contribution in [0.2, 0.25) is 5.02 Å². The van der Waals surface area contributed by atoms with Crippen LogP contribution in [0, 0.1) is 18.3 Å². The van der Waals surface area contributed by atoms with E-state index >= 15 is 0 Å². The van der Waals surface area contributed by atoms with Crippen molar-refractivity contribution in [2.75, 3.05) is 4.90 Å². The number of carbonyl (C=O) groups is 3. The highest BCUT2D eigenvalue weighted by Gasteiger charge is 2.37. The number of urea groups is 1. The molecule has 3 aromatic carbocycles. The van der Waals surface area contributed by atoms with Gasteiger partial charge in [0.05, 0.1) is 26.8 Å². The third-order valence-corrected chi connectivity index (χ3v) is 7.10. The number of aryl methyl sites for hydroxylation is 1. The van der Waals surface area contributed by atoms with Gasteiger partial charge in [0.1, 0.15) is 12.2 Å². The maximum atomic E-state index is 13.2. The van der Waals surface area contributed by atoms with E-state index in [4.69, 9.17) is 16.3 Å². The first-order valence-corrected chi connectivity index (χ1v) is 12.4. The number of amides is 4. The maximum Gasteiger partial charge on any atom is 0.335 e. The van der Waals surface area contributed by atoms with Gasteiger partial charge in [0.15, 0.2) is 5.75 Å². The minimum absolute atomic E-state index is 0.118. The van der Waals surface area contributed by atoms with Crippen molar-refractivity contribution in [3.8, 4) is 11.8 Å². The van der Waals surface area contributed by atoms with Crippen molar-refractivity contribution in [1.29, 1.82) is 5.26 Å². The number of carbonyl (C=O) groups excluding carboxylic acids is 3. The van der Waals surface area contributed by atoms with Gasteiger partial charge in [-0.2, -0.15) is 5.26 Å². The molecular weight excluding hydrogens is 614 g/mol. The fourth-order valence-electron chi connectivity index (χ4n) is 3.53. The number of imide groups is 2. The Kier molecular flexibility index (Phi) is 7.59. The lowest BCUT2D eigenvalue weighted by Gasteiger charge is -2.26. The summed E-state index contributed by atoms with van der Waals surface area (Å²) in [5.74, 6) is -1.23. The maximum absolute atomic E-state index is 13.2. The molecule has 7 nitrogen and oxygen atoms in total. The van der Waals surface area contributed by atoms with E-state index in [9.17, 15) is 19.6 Å². The van der Waals surface area contributed by atoms with E-state index in [0.717, 1.165) is 14.9 Å². The number of hydrogen-bond acceptors (Lipinski definition) is 5. The number of hydrogen-bond donors (Lipinski definition) is 1. The molecule has 0 spiro atoms. The molecule has 1 fully saturated rings. The molecule has 1 heterocycles. The predicted molar refractivity (Wildman–Crippen MR) is 143 cm³/mol. The number of anilines is 1. The van der Waals surface area contributed by atoms with Crippen molar-refractivity contribution >= 4 is 73.1 Å². The molecule has 180 valence electrons. The molecule has 36 heavy (non-hydrogen) atoms. The largest absolute Gasteiger partial charge is 0.486 e. The molecule has 0 saturated carbocycles. The van der Waals surface area contributed by atoms with E-state index in [1.165, 1.54) is 12.1 Å². The average molecular weight is 630 g/mol. The SMILES string of the molecule is Cc1cc(N2C(=O)NC(=O)/C(=C\c3cc(Cl)c(OCc4ccccc4C#N)c(Br)c3)C2=O)ccc1Br. The number of nitriles is 1. The van der Waals surface area contributed by atoms with Crippen molar-refractivity contribution in [1.82, 2.24) is 5.32 Å². The Morgan fingerprint density at radius 2 is 1.83 bits per heavy atom. The second-order valence-corrected chi connectivity index (χ2v) is 9.88. The quantitative estimate of drug-likeness (QED) is 0.264. The standard InChI is InChI=1S/C26H16Br2ClN3O4/c1-14-8-18(6-7-20(14)27)32-25(34)19(24(33)31-26(32)35)9-15-10-21(28)23(22(29)11-15)36-13-17-5-3-2-4-16(17)12-30/h2-11H,13H2,1H3,(H,31,33,35)/b19-9+. The van der Waals surface area contributed by atoms with Crippen molar-refractivity contribution in [3.05, 3.63) is 96.4 Å². The van der Waals surface area contributed by atoms with Crippen molar-refractivity contribution in [2.45, 2.75) is 13.5 Å². The van der Waals surface area contributed by atoms with E-state index in [1.54, 1.807) is 48.5 Å². The van der Waals surface area contributed by atoms with Crippen LogP contribution in [0.25, 0.3) is 6.08 Å². The Labute approximate surface area is 228 Å². The Hall–Kier alpha value is -3.45.